The number of nitrogens with zero attached hydrogens (tertiary/aromatic N) is 1. The minimum absolute atomic E-state index is 0.128. The van der Waals surface area contributed by atoms with Crippen molar-refractivity contribution >= 4 is 12.0 Å². The fraction of sp³-hybridized carbons (Fsp3) is 0.524. The van der Waals surface area contributed by atoms with Crippen LogP contribution in [0.5, 0.6) is 0 Å². The molecule has 4 heteroatoms. The molecule has 2 atom stereocenters. The fourth-order valence-corrected chi connectivity index (χ4v) is 3.42. The van der Waals surface area contributed by atoms with Crippen LogP contribution < -0.4 is 0 Å². The molecule has 0 radical (unpaired) electrons. The zero-order valence-electron chi connectivity index (χ0n) is 14.9. The number of imide groups is 1. The normalized spacial score (nSPS) is 22.0. The van der Waals surface area contributed by atoms with Crippen LogP contribution in [-0.2, 0) is 16.0 Å². The minimum Gasteiger partial charge on any atom is -0.447 e. The van der Waals surface area contributed by atoms with E-state index < -0.39 is 6.09 Å². The Bertz CT molecular complexity index is 621. The quantitative estimate of drug-likeness (QED) is 0.693. The van der Waals surface area contributed by atoms with E-state index in [2.05, 4.69) is 12.2 Å². The Morgan fingerprint density at radius 2 is 2.04 bits per heavy atom. The number of carbonyl (C=O) groups is 2. The average molecular weight is 341 g/mol. The highest BCUT2D eigenvalue weighted by molar-refractivity contribution is 5.94. The number of hydrogen-bond donors (Lipinski definition) is 0. The van der Waals surface area contributed by atoms with E-state index in [1.165, 1.54) is 24.2 Å². The van der Waals surface area contributed by atoms with Gasteiger partial charge in [0.25, 0.3) is 0 Å². The summed E-state index contributed by atoms with van der Waals surface area (Å²) in [5, 5.41) is 0. The predicted octanol–water partition coefficient (Wildman–Crippen LogP) is 4.35. The number of cyclic esters (lactones) is 1. The highest BCUT2D eigenvalue weighted by Gasteiger charge is 2.39. The summed E-state index contributed by atoms with van der Waals surface area (Å²) in [4.78, 5) is 26.1. The van der Waals surface area contributed by atoms with E-state index in [-0.39, 0.29) is 24.5 Å². The van der Waals surface area contributed by atoms with Gasteiger partial charge >= 0.3 is 6.09 Å². The lowest BCUT2D eigenvalue weighted by Crippen LogP contribution is -2.42. The van der Waals surface area contributed by atoms with Gasteiger partial charge < -0.3 is 4.74 Å². The maximum atomic E-state index is 12.7. The molecule has 0 unspecified atom stereocenters. The SMILES string of the molecule is C[C@H](CC=CCC1CCC1)C(=O)N1C(=O)OC[C@@H]1Cc1ccccc1. The molecule has 1 aromatic rings. The van der Waals surface area contributed by atoms with Crippen molar-refractivity contribution in [3.8, 4) is 0 Å². The fourth-order valence-electron chi connectivity index (χ4n) is 3.42. The van der Waals surface area contributed by atoms with E-state index in [1.807, 2.05) is 37.3 Å². The number of amides is 2. The Morgan fingerprint density at radius 3 is 2.72 bits per heavy atom. The molecule has 0 N–H and O–H groups in total. The van der Waals surface area contributed by atoms with Gasteiger partial charge in [0.2, 0.25) is 5.91 Å². The molecule has 0 spiro atoms. The molecular formula is C21H27NO3. The van der Waals surface area contributed by atoms with Crippen LogP contribution in [-0.4, -0.2) is 29.5 Å². The van der Waals surface area contributed by atoms with E-state index in [1.54, 1.807) is 0 Å². The van der Waals surface area contributed by atoms with Crippen molar-refractivity contribution in [2.75, 3.05) is 6.61 Å². The van der Waals surface area contributed by atoms with Crippen LogP contribution in [0.15, 0.2) is 42.5 Å². The molecular weight excluding hydrogens is 314 g/mol. The molecule has 1 saturated carbocycles. The topological polar surface area (TPSA) is 46.6 Å². The van der Waals surface area contributed by atoms with Gasteiger partial charge in [0, 0.05) is 5.92 Å². The van der Waals surface area contributed by atoms with E-state index >= 15 is 0 Å². The highest BCUT2D eigenvalue weighted by atomic mass is 16.6. The zero-order valence-corrected chi connectivity index (χ0v) is 14.9. The Labute approximate surface area is 149 Å². The number of benzene rings is 1. The summed E-state index contributed by atoms with van der Waals surface area (Å²) in [5.41, 5.74) is 1.11. The average Bonchev–Trinajstić information content (AvgIpc) is 2.93. The summed E-state index contributed by atoms with van der Waals surface area (Å²) < 4.78 is 5.15. The molecule has 1 saturated heterocycles. The molecule has 0 aromatic heterocycles. The minimum atomic E-state index is -0.503. The first-order valence-corrected chi connectivity index (χ1v) is 9.34. The zero-order chi connectivity index (χ0) is 17.6. The molecule has 134 valence electrons. The van der Waals surface area contributed by atoms with E-state index in [0.29, 0.717) is 12.8 Å². The number of carbonyl (C=O) groups excluding carboxylic acids is 2. The van der Waals surface area contributed by atoms with Crippen molar-refractivity contribution in [2.45, 2.75) is 51.5 Å². The summed E-state index contributed by atoms with van der Waals surface area (Å²) in [5.74, 6) is 0.504. The van der Waals surface area contributed by atoms with Crippen LogP contribution in [0.1, 0.15) is 44.6 Å². The molecule has 2 fully saturated rings. The summed E-state index contributed by atoms with van der Waals surface area (Å²) in [7, 11) is 0. The first kappa shape index (κ1) is 17.7. The lowest BCUT2D eigenvalue weighted by molar-refractivity contribution is -0.132. The van der Waals surface area contributed by atoms with Crippen molar-refractivity contribution < 1.29 is 14.3 Å². The molecule has 1 heterocycles. The predicted molar refractivity (Wildman–Crippen MR) is 97.0 cm³/mol. The van der Waals surface area contributed by atoms with Gasteiger partial charge in [-0.3, -0.25) is 4.79 Å². The Morgan fingerprint density at radius 1 is 1.28 bits per heavy atom. The van der Waals surface area contributed by atoms with Crippen molar-refractivity contribution in [1.82, 2.24) is 4.90 Å². The second kappa shape index (κ2) is 8.32. The van der Waals surface area contributed by atoms with Crippen LogP contribution in [0.2, 0.25) is 0 Å². The molecule has 2 amide bonds. The monoisotopic (exact) mass is 341 g/mol. The van der Waals surface area contributed by atoms with E-state index in [9.17, 15) is 9.59 Å². The summed E-state index contributed by atoms with van der Waals surface area (Å²) >= 11 is 0. The smallest absolute Gasteiger partial charge is 0.416 e. The van der Waals surface area contributed by atoms with Crippen molar-refractivity contribution in [1.29, 1.82) is 0 Å². The number of ether oxygens (including phenoxy) is 1. The highest BCUT2D eigenvalue weighted by Crippen LogP contribution is 2.29. The summed E-state index contributed by atoms with van der Waals surface area (Å²) in [6.07, 6.45) is 10.2. The molecule has 0 bridgehead atoms. The van der Waals surface area contributed by atoms with Gasteiger partial charge in [0.05, 0.1) is 6.04 Å². The summed E-state index contributed by atoms with van der Waals surface area (Å²) in [6, 6.07) is 9.71. The van der Waals surface area contributed by atoms with Crippen LogP contribution in [0, 0.1) is 11.8 Å². The first-order valence-electron chi connectivity index (χ1n) is 9.34. The summed E-state index contributed by atoms with van der Waals surface area (Å²) in [6.45, 7) is 2.17. The molecule has 1 aromatic carbocycles. The van der Waals surface area contributed by atoms with Crippen LogP contribution >= 0.6 is 0 Å². The molecule has 25 heavy (non-hydrogen) atoms. The van der Waals surface area contributed by atoms with Gasteiger partial charge in [0.1, 0.15) is 6.61 Å². The molecule has 3 rings (SSSR count). The third kappa shape index (κ3) is 4.50. The van der Waals surface area contributed by atoms with Crippen molar-refractivity contribution in [3.63, 3.8) is 0 Å². The number of rotatable bonds is 7. The van der Waals surface area contributed by atoms with Gasteiger partial charge in [-0.1, -0.05) is 68.7 Å². The maximum absolute atomic E-state index is 12.7. The molecule has 1 aliphatic carbocycles. The second-order valence-corrected chi connectivity index (χ2v) is 7.27. The van der Waals surface area contributed by atoms with E-state index in [4.69, 9.17) is 4.74 Å². The van der Waals surface area contributed by atoms with Gasteiger partial charge in [0.15, 0.2) is 0 Å². The third-order valence-electron chi connectivity index (χ3n) is 5.28. The number of hydrogen-bond acceptors (Lipinski definition) is 3. The lowest BCUT2D eigenvalue weighted by Gasteiger charge is -2.24. The first-order chi connectivity index (χ1) is 12.1. The Balaban J connectivity index is 1.55. The van der Waals surface area contributed by atoms with Crippen molar-refractivity contribution in [3.05, 3.63) is 48.0 Å². The number of allylic oxidation sites excluding steroid dienone is 2. The standard InChI is InChI=1S/C21H27NO3/c1-16(8-5-6-9-17-12-7-13-17)20(23)22-19(15-25-21(22)24)14-18-10-3-2-4-11-18/h2-6,10-11,16-17,19H,7-9,12-15H2,1H3/t16-,19+/m1/s1. The molecule has 1 aliphatic heterocycles. The van der Waals surface area contributed by atoms with Crippen LogP contribution in [0.3, 0.4) is 0 Å². The van der Waals surface area contributed by atoms with Gasteiger partial charge in [-0.2, -0.15) is 0 Å². The van der Waals surface area contributed by atoms with Gasteiger partial charge in [-0.05, 0) is 30.7 Å². The third-order valence-corrected chi connectivity index (χ3v) is 5.28. The largest absolute Gasteiger partial charge is 0.447 e. The van der Waals surface area contributed by atoms with Crippen molar-refractivity contribution in [2.24, 2.45) is 11.8 Å². The van der Waals surface area contributed by atoms with E-state index in [0.717, 1.165) is 17.9 Å². The lowest BCUT2D eigenvalue weighted by atomic mass is 9.83. The van der Waals surface area contributed by atoms with Crippen LogP contribution in [0.25, 0.3) is 0 Å². The molecule has 2 aliphatic rings. The van der Waals surface area contributed by atoms with Gasteiger partial charge in [-0.25, -0.2) is 9.69 Å². The second-order valence-electron chi connectivity index (χ2n) is 7.27. The van der Waals surface area contributed by atoms with Crippen LogP contribution in [0.4, 0.5) is 4.79 Å². The Hall–Kier alpha value is -2.10. The molecule has 4 nitrogen and oxygen atoms in total. The van der Waals surface area contributed by atoms with Gasteiger partial charge in [-0.15, -0.1) is 0 Å². The Kier molecular flexibility index (Phi) is 5.90. The maximum Gasteiger partial charge on any atom is 0.416 e.